The van der Waals surface area contributed by atoms with Gasteiger partial charge in [-0.1, -0.05) is 0 Å². The molecule has 0 heterocycles. The second-order valence-electron chi connectivity index (χ2n) is 3.68. The lowest BCUT2D eigenvalue weighted by molar-refractivity contribution is 0.0500. The fourth-order valence-electron chi connectivity index (χ4n) is 1.23. The van der Waals surface area contributed by atoms with Crippen LogP contribution in [-0.2, 0) is 9.47 Å². The SMILES string of the molecule is CCOC(=O)c1ccc(C(=O)OCC(C)Cl)cc1. The van der Waals surface area contributed by atoms with Gasteiger partial charge in [0.1, 0.15) is 6.61 Å². The number of alkyl halides is 1. The first-order valence-corrected chi connectivity index (χ1v) is 6.06. The molecular weight excluding hydrogens is 256 g/mol. The minimum Gasteiger partial charge on any atom is -0.462 e. The Bertz CT molecular complexity index is 412. The molecule has 0 fully saturated rings. The van der Waals surface area contributed by atoms with Crippen LogP contribution in [0.5, 0.6) is 0 Å². The van der Waals surface area contributed by atoms with E-state index < -0.39 is 11.9 Å². The van der Waals surface area contributed by atoms with Gasteiger partial charge in [-0.25, -0.2) is 9.59 Å². The van der Waals surface area contributed by atoms with Crippen LogP contribution in [0.3, 0.4) is 0 Å². The summed E-state index contributed by atoms with van der Waals surface area (Å²) in [6.45, 7) is 3.94. The molecule has 0 spiro atoms. The number of halogens is 1. The summed E-state index contributed by atoms with van der Waals surface area (Å²) >= 11 is 5.67. The van der Waals surface area contributed by atoms with Gasteiger partial charge in [-0.2, -0.15) is 0 Å². The molecule has 0 aliphatic carbocycles. The van der Waals surface area contributed by atoms with E-state index >= 15 is 0 Å². The molecular formula is C13H15ClO4. The highest BCUT2D eigenvalue weighted by Crippen LogP contribution is 2.08. The van der Waals surface area contributed by atoms with Gasteiger partial charge in [0.15, 0.2) is 0 Å². The zero-order valence-corrected chi connectivity index (χ0v) is 11.1. The van der Waals surface area contributed by atoms with Crippen LogP contribution in [0.2, 0.25) is 0 Å². The first kappa shape index (κ1) is 14.5. The lowest BCUT2D eigenvalue weighted by Crippen LogP contribution is -2.12. The molecule has 1 unspecified atom stereocenters. The van der Waals surface area contributed by atoms with Crippen LogP contribution in [0, 0.1) is 0 Å². The molecule has 0 amide bonds. The summed E-state index contributed by atoms with van der Waals surface area (Å²) in [6, 6.07) is 6.10. The number of hydrogen-bond acceptors (Lipinski definition) is 4. The van der Waals surface area contributed by atoms with Gasteiger partial charge in [0.25, 0.3) is 0 Å². The Balaban J connectivity index is 2.65. The van der Waals surface area contributed by atoms with Crippen LogP contribution in [-0.4, -0.2) is 30.5 Å². The first-order valence-electron chi connectivity index (χ1n) is 5.63. The monoisotopic (exact) mass is 270 g/mol. The Hall–Kier alpha value is -1.55. The number of hydrogen-bond donors (Lipinski definition) is 0. The van der Waals surface area contributed by atoms with Gasteiger partial charge in [-0.3, -0.25) is 0 Å². The molecule has 0 saturated carbocycles. The van der Waals surface area contributed by atoms with Gasteiger partial charge in [-0.05, 0) is 38.1 Å². The maximum Gasteiger partial charge on any atom is 0.338 e. The molecule has 1 rings (SSSR count). The summed E-state index contributed by atoms with van der Waals surface area (Å²) in [7, 11) is 0. The predicted octanol–water partition coefficient (Wildman–Crippen LogP) is 2.65. The van der Waals surface area contributed by atoms with Crippen molar-refractivity contribution in [3.63, 3.8) is 0 Å². The molecule has 1 atom stereocenters. The highest BCUT2D eigenvalue weighted by Gasteiger charge is 2.11. The average Bonchev–Trinajstić information content (AvgIpc) is 2.36. The highest BCUT2D eigenvalue weighted by atomic mass is 35.5. The van der Waals surface area contributed by atoms with Crippen LogP contribution in [0.15, 0.2) is 24.3 Å². The number of rotatable bonds is 5. The van der Waals surface area contributed by atoms with Crippen LogP contribution in [0.4, 0.5) is 0 Å². The van der Waals surface area contributed by atoms with Gasteiger partial charge in [-0.15, -0.1) is 11.6 Å². The molecule has 4 nitrogen and oxygen atoms in total. The largest absolute Gasteiger partial charge is 0.462 e. The smallest absolute Gasteiger partial charge is 0.338 e. The molecule has 0 aliphatic rings. The molecule has 1 aromatic carbocycles. The predicted molar refractivity (Wildman–Crippen MR) is 68.0 cm³/mol. The average molecular weight is 271 g/mol. The van der Waals surface area contributed by atoms with E-state index in [9.17, 15) is 9.59 Å². The maximum atomic E-state index is 11.6. The van der Waals surface area contributed by atoms with E-state index in [2.05, 4.69) is 0 Å². The number of carbonyl (C=O) groups is 2. The Morgan fingerprint density at radius 2 is 1.56 bits per heavy atom. The summed E-state index contributed by atoms with van der Waals surface area (Å²) in [6.07, 6.45) is 0. The van der Waals surface area contributed by atoms with Crippen LogP contribution >= 0.6 is 11.6 Å². The Labute approximate surface area is 111 Å². The fourth-order valence-corrected chi connectivity index (χ4v) is 1.29. The van der Waals surface area contributed by atoms with Crippen molar-refractivity contribution >= 4 is 23.5 Å². The molecule has 18 heavy (non-hydrogen) atoms. The van der Waals surface area contributed by atoms with Gasteiger partial charge in [0, 0.05) is 0 Å². The van der Waals surface area contributed by atoms with Crippen molar-refractivity contribution in [3.8, 4) is 0 Å². The summed E-state index contributed by atoms with van der Waals surface area (Å²) in [5.41, 5.74) is 0.777. The highest BCUT2D eigenvalue weighted by molar-refractivity contribution is 6.20. The van der Waals surface area contributed by atoms with Crippen molar-refractivity contribution in [1.82, 2.24) is 0 Å². The van der Waals surface area contributed by atoms with E-state index in [-0.39, 0.29) is 12.0 Å². The van der Waals surface area contributed by atoms with Crippen LogP contribution < -0.4 is 0 Å². The fraction of sp³-hybridized carbons (Fsp3) is 0.385. The van der Waals surface area contributed by atoms with E-state index in [1.54, 1.807) is 13.8 Å². The third-order valence-electron chi connectivity index (χ3n) is 2.08. The third-order valence-corrected chi connectivity index (χ3v) is 2.20. The van der Waals surface area contributed by atoms with E-state index in [0.717, 1.165) is 0 Å². The Morgan fingerprint density at radius 1 is 1.11 bits per heavy atom. The zero-order chi connectivity index (χ0) is 13.5. The van der Waals surface area contributed by atoms with Crippen molar-refractivity contribution in [2.24, 2.45) is 0 Å². The number of esters is 2. The van der Waals surface area contributed by atoms with Gasteiger partial charge in [0.2, 0.25) is 0 Å². The lowest BCUT2D eigenvalue weighted by Gasteiger charge is -2.06. The molecule has 1 aromatic rings. The standard InChI is InChI=1S/C13H15ClO4/c1-3-17-12(15)10-4-6-11(7-5-10)13(16)18-8-9(2)14/h4-7,9H,3,8H2,1-2H3. The number of benzene rings is 1. The number of carbonyl (C=O) groups excluding carboxylic acids is 2. The van der Waals surface area contributed by atoms with Crippen molar-refractivity contribution in [2.75, 3.05) is 13.2 Å². The van der Waals surface area contributed by atoms with Gasteiger partial charge < -0.3 is 9.47 Å². The number of ether oxygens (including phenoxy) is 2. The minimum absolute atomic E-state index is 0.153. The van der Waals surface area contributed by atoms with Crippen molar-refractivity contribution < 1.29 is 19.1 Å². The quantitative estimate of drug-likeness (QED) is 0.610. The summed E-state index contributed by atoms with van der Waals surface area (Å²) in [5.74, 6) is -0.871. The zero-order valence-electron chi connectivity index (χ0n) is 10.3. The Morgan fingerprint density at radius 3 is 1.94 bits per heavy atom. The molecule has 98 valence electrons. The minimum atomic E-state index is -0.460. The Kier molecular flexibility index (Phi) is 5.65. The maximum absolute atomic E-state index is 11.6. The topological polar surface area (TPSA) is 52.6 Å². The van der Waals surface area contributed by atoms with Crippen LogP contribution in [0.1, 0.15) is 34.6 Å². The van der Waals surface area contributed by atoms with E-state index in [1.807, 2.05) is 0 Å². The van der Waals surface area contributed by atoms with Gasteiger partial charge in [0.05, 0.1) is 23.1 Å². The molecule has 0 radical (unpaired) electrons. The van der Waals surface area contributed by atoms with E-state index in [4.69, 9.17) is 21.1 Å². The summed E-state index contributed by atoms with van der Waals surface area (Å²) in [4.78, 5) is 22.9. The van der Waals surface area contributed by atoms with Crippen molar-refractivity contribution in [2.45, 2.75) is 19.2 Å². The van der Waals surface area contributed by atoms with E-state index in [0.29, 0.717) is 17.7 Å². The molecule has 0 saturated heterocycles. The summed E-state index contributed by atoms with van der Waals surface area (Å²) in [5, 5.41) is -0.229. The second-order valence-corrected chi connectivity index (χ2v) is 4.42. The molecule has 0 aliphatic heterocycles. The molecule has 0 aromatic heterocycles. The normalized spacial score (nSPS) is 11.7. The second kappa shape index (κ2) is 7.01. The first-order chi connectivity index (χ1) is 8.54. The molecule has 5 heteroatoms. The third kappa shape index (κ3) is 4.37. The van der Waals surface area contributed by atoms with Crippen LogP contribution in [0.25, 0.3) is 0 Å². The van der Waals surface area contributed by atoms with Crippen molar-refractivity contribution in [3.05, 3.63) is 35.4 Å². The van der Waals surface area contributed by atoms with Crippen molar-refractivity contribution in [1.29, 1.82) is 0 Å². The summed E-state index contributed by atoms with van der Waals surface area (Å²) < 4.78 is 9.78. The van der Waals surface area contributed by atoms with E-state index in [1.165, 1.54) is 24.3 Å². The lowest BCUT2D eigenvalue weighted by atomic mass is 10.1. The molecule has 0 N–H and O–H groups in total. The molecule has 0 bridgehead atoms. The van der Waals surface area contributed by atoms with Gasteiger partial charge >= 0.3 is 11.9 Å².